The van der Waals surface area contributed by atoms with Crippen molar-refractivity contribution in [2.45, 2.75) is 6.92 Å². The first-order valence-corrected chi connectivity index (χ1v) is 5.91. The van der Waals surface area contributed by atoms with E-state index in [1.807, 2.05) is 0 Å². The van der Waals surface area contributed by atoms with Crippen LogP contribution in [0.3, 0.4) is 0 Å². The Labute approximate surface area is 115 Å². The Kier molecular flexibility index (Phi) is 4.00. The Hall–Kier alpha value is -2.82. The first-order chi connectivity index (χ1) is 9.60. The number of aromatic carboxylic acids is 1. The van der Waals surface area contributed by atoms with Gasteiger partial charge in [0.25, 0.3) is 0 Å². The molecule has 0 aliphatic heterocycles. The van der Waals surface area contributed by atoms with Crippen LogP contribution >= 0.6 is 0 Å². The molecule has 1 N–H and O–H groups in total. The predicted octanol–water partition coefficient (Wildman–Crippen LogP) is 3.92. The lowest BCUT2D eigenvalue weighted by atomic mass is 10.1. The Morgan fingerprint density at radius 1 is 1.05 bits per heavy atom. The maximum absolute atomic E-state index is 11.0. The third kappa shape index (κ3) is 3.14. The summed E-state index contributed by atoms with van der Waals surface area (Å²) >= 11 is 0. The van der Waals surface area contributed by atoms with Gasteiger partial charge in [0.2, 0.25) is 0 Å². The molecule has 0 heterocycles. The maximum Gasteiger partial charge on any atom is 0.336 e. The van der Waals surface area contributed by atoms with Gasteiger partial charge in [-0.15, -0.1) is 0 Å². The van der Waals surface area contributed by atoms with E-state index in [4.69, 9.17) is 5.11 Å². The van der Waals surface area contributed by atoms with Gasteiger partial charge in [0.05, 0.1) is 16.9 Å². The lowest BCUT2D eigenvalue weighted by molar-refractivity contribution is 0.0696. The summed E-state index contributed by atoms with van der Waals surface area (Å²) < 4.78 is 0. The third-order valence-corrected chi connectivity index (χ3v) is 2.76. The molecule has 100 valence electrons. The SMILES string of the molecule is Cc1ccc(N=Nc2ccc(C=O)cc2)cc1C(=O)O. The standard InChI is InChI=1S/C15H12N2O3/c1-10-2-5-13(8-14(10)15(19)20)17-16-12-6-3-11(9-18)4-7-12/h2-9H,1H3,(H,19,20). The first-order valence-electron chi connectivity index (χ1n) is 5.91. The molecule has 0 aliphatic carbocycles. The molecule has 0 fully saturated rings. The number of carbonyl (C=O) groups is 2. The van der Waals surface area contributed by atoms with Gasteiger partial charge in [0.1, 0.15) is 6.29 Å². The van der Waals surface area contributed by atoms with Gasteiger partial charge in [-0.25, -0.2) is 4.79 Å². The van der Waals surface area contributed by atoms with Gasteiger partial charge in [-0.1, -0.05) is 6.07 Å². The van der Waals surface area contributed by atoms with E-state index in [1.165, 1.54) is 6.07 Å². The number of carbonyl (C=O) groups excluding carboxylic acids is 1. The van der Waals surface area contributed by atoms with Crippen LogP contribution in [-0.4, -0.2) is 17.4 Å². The summed E-state index contributed by atoms with van der Waals surface area (Å²) in [6, 6.07) is 11.5. The highest BCUT2D eigenvalue weighted by atomic mass is 16.4. The van der Waals surface area contributed by atoms with Crippen LogP contribution in [0.1, 0.15) is 26.3 Å². The van der Waals surface area contributed by atoms with Crippen LogP contribution in [0.25, 0.3) is 0 Å². The van der Waals surface area contributed by atoms with Gasteiger partial charge in [-0.2, -0.15) is 10.2 Å². The minimum Gasteiger partial charge on any atom is -0.478 e. The van der Waals surface area contributed by atoms with Gasteiger partial charge in [-0.3, -0.25) is 4.79 Å². The topological polar surface area (TPSA) is 79.1 Å². The van der Waals surface area contributed by atoms with Crippen molar-refractivity contribution < 1.29 is 14.7 Å². The zero-order valence-corrected chi connectivity index (χ0v) is 10.8. The highest BCUT2D eigenvalue weighted by Gasteiger charge is 2.07. The Bertz CT molecular complexity index is 676. The molecule has 2 aromatic rings. The summed E-state index contributed by atoms with van der Waals surface area (Å²) in [6.45, 7) is 1.72. The average Bonchev–Trinajstić information content (AvgIpc) is 2.46. The molecule has 5 heteroatoms. The number of carboxylic acids is 1. The zero-order valence-electron chi connectivity index (χ0n) is 10.8. The van der Waals surface area contributed by atoms with Crippen LogP contribution in [0, 0.1) is 6.92 Å². The number of azo groups is 1. The summed E-state index contributed by atoms with van der Waals surface area (Å²) in [6.07, 6.45) is 0.750. The Balaban J connectivity index is 2.24. The van der Waals surface area contributed by atoms with E-state index in [2.05, 4.69) is 10.2 Å². The minimum absolute atomic E-state index is 0.206. The van der Waals surface area contributed by atoms with E-state index in [9.17, 15) is 9.59 Å². The monoisotopic (exact) mass is 268 g/mol. The molecule has 2 aromatic carbocycles. The van der Waals surface area contributed by atoms with E-state index in [0.717, 1.165) is 6.29 Å². The highest BCUT2D eigenvalue weighted by molar-refractivity contribution is 5.90. The van der Waals surface area contributed by atoms with E-state index in [0.29, 0.717) is 22.5 Å². The third-order valence-electron chi connectivity index (χ3n) is 2.76. The number of hydrogen-bond donors (Lipinski definition) is 1. The highest BCUT2D eigenvalue weighted by Crippen LogP contribution is 2.21. The molecule has 0 saturated heterocycles. The van der Waals surface area contributed by atoms with Crippen molar-refractivity contribution in [3.8, 4) is 0 Å². The molecule has 0 radical (unpaired) electrons. The summed E-state index contributed by atoms with van der Waals surface area (Å²) in [7, 11) is 0. The van der Waals surface area contributed by atoms with E-state index in [1.54, 1.807) is 43.3 Å². The van der Waals surface area contributed by atoms with Crippen LogP contribution < -0.4 is 0 Å². The molecular formula is C15H12N2O3. The molecule has 0 amide bonds. The van der Waals surface area contributed by atoms with Crippen LogP contribution in [0.2, 0.25) is 0 Å². The smallest absolute Gasteiger partial charge is 0.336 e. The van der Waals surface area contributed by atoms with Crippen molar-refractivity contribution in [3.63, 3.8) is 0 Å². The van der Waals surface area contributed by atoms with Crippen molar-refractivity contribution in [1.82, 2.24) is 0 Å². The molecule has 5 nitrogen and oxygen atoms in total. The normalized spacial score (nSPS) is 10.7. The summed E-state index contributed by atoms with van der Waals surface area (Å²) in [5, 5.41) is 17.0. The summed E-state index contributed by atoms with van der Waals surface area (Å²) in [5.41, 5.74) is 2.50. The first kappa shape index (κ1) is 13.6. The molecule has 0 atom stereocenters. The minimum atomic E-state index is -0.991. The second kappa shape index (κ2) is 5.88. The molecule has 0 spiro atoms. The number of benzene rings is 2. The van der Waals surface area contributed by atoms with Gasteiger partial charge in [-0.05, 0) is 48.9 Å². The molecule has 0 saturated carbocycles. The average molecular weight is 268 g/mol. The van der Waals surface area contributed by atoms with Crippen LogP contribution in [0.15, 0.2) is 52.7 Å². The van der Waals surface area contributed by atoms with E-state index < -0.39 is 5.97 Å². The Morgan fingerprint density at radius 2 is 1.65 bits per heavy atom. The van der Waals surface area contributed by atoms with E-state index >= 15 is 0 Å². The molecule has 2 rings (SSSR count). The van der Waals surface area contributed by atoms with Crippen molar-refractivity contribution in [2.24, 2.45) is 10.2 Å². The predicted molar refractivity (Wildman–Crippen MR) is 74.1 cm³/mol. The summed E-state index contributed by atoms with van der Waals surface area (Å²) in [4.78, 5) is 21.5. The van der Waals surface area contributed by atoms with Crippen molar-refractivity contribution in [1.29, 1.82) is 0 Å². The molecule has 20 heavy (non-hydrogen) atoms. The quantitative estimate of drug-likeness (QED) is 0.674. The zero-order chi connectivity index (χ0) is 14.5. The van der Waals surface area contributed by atoms with Gasteiger partial charge >= 0.3 is 5.97 Å². The fraction of sp³-hybridized carbons (Fsp3) is 0.0667. The largest absolute Gasteiger partial charge is 0.478 e. The van der Waals surface area contributed by atoms with E-state index in [-0.39, 0.29) is 5.56 Å². The number of rotatable bonds is 4. The molecule has 0 aliphatic rings. The van der Waals surface area contributed by atoms with Crippen LogP contribution in [-0.2, 0) is 0 Å². The van der Waals surface area contributed by atoms with Gasteiger partial charge in [0, 0.05) is 5.56 Å². The second-order valence-electron chi connectivity index (χ2n) is 4.21. The maximum atomic E-state index is 11.0. The fourth-order valence-corrected chi connectivity index (χ4v) is 1.64. The number of nitrogens with zero attached hydrogens (tertiary/aromatic N) is 2. The van der Waals surface area contributed by atoms with Crippen molar-refractivity contribution in [2.75, 3.05) is 0 Å². The number of aryl methyl sites for hydroxylation is 1. The lowest BCUT2D eigenvalue weighted by Crippen LogP contribution is -1.98. The van der Waals surface area contributed by atoms with Crippen LogP contribution in [0.4, 0.5) is 11.4 Å². The lowest BCUT2D eigenvalue weighted by Gasteiger charge is -2.01. The van der Waals surface area contributed by atoms with Gasteiger partial charge < -0.3 is 5.11 Å². The molecule has 0 aromatic heterocycles. The molecule has 0 bridgehead atoms. The fourth-order valence-electron chi connectivity index (χ4n) is 1.64. The number of hydrogen-bond acceptors (Lipinski definition) is 4. The Morgan fingerprint density at radius 3 is 2.25 bits per heavy atom. The summed E-state index contributed by atoms with van der Waals surface area (Å²) in [5.74, 6) is -0.991. The van der Waals surface area contributed by atoms with Gasteiger partial charge in [0.15, 0.2) is 0 Å². The molecular weight excluding hydrogens is 256 g/mol. The molecule has 0 unspecified atom stereocenters. The number of carboxylic acid groups (broad SMARTS) is 1. The van der Waals surface area contributed by atoms with Crippen LogP contribution in [0.5, 0.6) is 0 Å². The number of aldehydes is 1. The van der Waals surface area contributed by atoms with Crippen molar-refractivity contribution in [3.05, 3.63) is 59.2 Å². The van der Waals surface area contributed by atoms with Crippen molar-refractivity contribution >= 4 is 23.6 Å². The second-order valence-corrected chi connectivity index (χ2v) is 4.21.